The van der Waals surface area contributed by atoms with Crippen molar-refractivity contribution in [3.63, 3.8) is 0 Å². The molecule has 0 radical (unpaired) electrons. The van der Waals surface area contributed by atoms with Gasteiger partial charge in [0.1, 0.15) is 0 Å². The Morgan fingerprint density at radius 1 is 1.23 bits per heavy atom. The van der Waals surface area contributed by atoms with Crippen molar-refractivity contribution in [2.75, 3.05) is 13.1 Å². The lowest BCUT2D eigenvalue weighted by atomic mass is 9.99. The molecule has 0 spiro atoms. The molecule has 6 nitrogen and oxygen atoms in total. The maximum atomic E-state index is 12.5. The monoisotopic (exact) mass is 354 g/mol. The summed E-state index contributed by atoms with van der Waals surface area (Å²) in [7, 11) is 1.77. The summed E-state index contributed by atoms with van der Waals surface area (Å²) in [6.07, 6.45) is 1.02. The molecule has 1 aromatic heterocycles. The molecule has 2 heterocycles. The summed E-state index contributed by atoms with van der Waals surface area (Å²) in [5.41, 5.74) is 4.45. The number of carbonyl (C=O) groups is 2. The number of hydrogen-bond donors (Lipinski definition) is 1. The van der Waals surface area contributed by atoms with E-state index in [9.17, 15) is 9.59 Å². The lowest BCUT2D eigenvalue weighted by Crippen LogP contribution is -2.45. The van der Waals surface area contributed by atoms with Crippen LogP contribution in [0.4, 0.5) is 0 Å². The van der Waals surface area contributed by atoms with E-state index in [0.717, 1.165) is 19.5 Å². The first-order valence-corrected chi connectivity index (χ1v) is 9.02. The highest BCUT2D eigenvalue weighted by atomic mass is 16.2. The number of carbonyl (C=O) groups excluding carboxylic acids is 2. The minimum atomic E-state index is -0.562. The molecule has 0 fully saturated rings. The Morgan fingerprint density at radius 3 is 2.58 bits per heavy atom. The molecule has 1 amide bonds. The smallest absolute Gasteiger partial charge is 0.292 e. The van der Waals surface area contributed by atoms with Gasteiger partial charge in [0, 0.05) is 38.4 Å². The van der Waals surface area contributed by atoms with Crippen molar-refractivity contribution in [2.45, 2.75) is 39.8 Å². The minimum Gasteiger partial charge on any atom is -0.348 e. The van der Waals surface area contributed by atoms with Crippen molar-refractivity contribution >= 4 is 11.7 Å². The molecule has 1 N–H and O–H groups in total. The predicted molar refractivity (Wildman–Crippen MR) is 100 cm³/mol. The molecule has 6 heteroatoms. The van der Waals surface area contributed by atoms with Gasteiger partial charge in [0.05, 0.1) is 11.3 Å². The number of benzene rings is 1. The number of rotatable bonds is 5. The van der Waals surface area contributed by atoms with E-state index in [2.05, 4.69) is 46.5 Å². The van der Waals surface area contributed by atoms with Gasteiger partial charge < -0.3 is 5.32 Å². The fraction of sp³-hybridized carbons (Fsp3) is 0.450. The van der Waals surface area contributed by atoms with Crippen molar-refractivity contribution in [1.82, 2.24) is 20.0 Å². The third kappa shape index (κ3) is 3.55. The van der Waals surface area contributed by atoms with E-state index >= 15 is 0 Å². The standard InChI is InChI=1S/C20H26N4O2/c1-13(24-10-9-16-7-5-6-8-17(16)12-24)11-21-20(26)19(25)18-14(2)22-23(4)15(18)3/h5-8,13H,9-12H2,1-4H3,(H,21,26). The lowest BCUT2D eigenvalue weighted by molar-refractivity contribution is -0.117. The Morgan fingerprint density at radius 2 is 1.92 bits per heavy atom. The van der Waals surface area contributed by atoms with E-state index < -0.39 is 11.7 Å². The van der Waals surface area contributed by atoms with Gasteiger partial charge in [-0.15, -0.1) is 0 Å². The Hall–Kier alpha value is -2.47. The van der Waals surface area contributed by atoms with E-state index in [0.29, 0.717) is 23.5 Å². The van der Waals surface area contributed by atoms with Crippen LogP contribution < -0.4 is 5.32 Å². The largest absolute Gasteiger partial charge is 0.348 e. The van der Waals surface area contributed by atoms with Crippen molar-refractivity contribution in [2.24, 2.45) is 7.05 Å². The molecular formula is C20H26N4O2. The molecule has 1 unspecified atom stereocenters. The average Bonchev–Trinajstić information content (AvgIpc) is 2.90. The van der Waals surface area contributed by atoms with Crippen molar-refractivity contribution in [3.8, 4) is 0 Å². The van der Waals surface area contributed by atoms with Crippen molar-refractivity contribution in [1.29, 1.82) is 0 Å². The Labute approximate surface area is 154 Å². The first-order chi connectivity index (χ1) is 12.4. The summed E-state index contributed by atoms with van der Waals surface area (Å²) in [5, 5.41) is 7.01. The van der Waals surface area contributed by atoms with E-state index in [4.69, 9.17) is 0 Å². The number of nitrogens with one attached hydrogen (secondary N) is 1. The quantitative estimate of drug-likeness (QED) is 0.657. The van der Waals surface area contributed by atoms with Crippen LogP contribution in [0.25, 0.3) is 0 Å². The van der Waals surface area contributed by atoms with Crippen LogP contribution in [0.2, 0.25) is 0 Å². The molecule has 1 aliphatic heterocycles. The number of ketones is 1. The first-order valence-electron chi connectivity index (χ1n) is 9.02. The number of amides is 1. The highest BCUT2D eigenvalue weighted by Crippen LogP contribution is 2.20. The zero-order valence-electron chi connectivity index (χ0n) is 15.9. The second-order valence-corrected chi connectivity index (χ2v) is 7.05. The third-order valence-electron chi connectivity index (χ3n) is 5.28. The molecule has 1 aliphatic rings. The molecule has 1 aromatic carbocycles. The summed E-state index contributed by atoms with van der Waals surface area (Å²) in [6.45, 7) is 7.92. The molecule has 0 aliphatic carbocycles. The van der Waals surface area contributed by atoms with Gasteiger partial charge in [0.15, 0.2) is 0 Å². The van der Waals surface area contributed by atoms with E-state index in [-0.39, 0.29) is 6.04 Å². The van der Waals surface area contributed by atoms with Crippen LogP contribution in [0.15, 0.2) is 24.3 Å². The first kappa shape index (κ1) is 18.3. The molecule has 3 rings (SSSR count). The molecule has 2 aromatic rings. The molecule has 138 valence electrons. The van der Waals surface area contributed by atoms with E-state index in [1.54, 1.807) is 25.6 Å². The highest BCUT2D eigenvalue weighted by Gasteiger charge is 2.25. The summed E-state index contributed by atoms with van der Waals surface area (Å²) < 4.78 is 1.63. The van der Waals surface area contributed by atoms with Gasteiger partial charge in [-0.2, -0.15) is 5.10 Å². The van der Waals surface area contributed by atoms with Gasteiger partial charge in [0.25, 0.3) is 11.7 Å². The number of fused-ring (bicyclic) bond motifs is 1. The van der Waals surface area contributed by atoms with Crippen molar-refractivity contribution < 1.29 is 9.59 Å². The normalized spacial score (nSPS) is 15.4. The SMILES string of the molecule is Cc1nn(C)c(C)c1C(=O)C(=O)NCC(C)N1CCc2ccccc2C1. The molecule has 0 saturated heterocycles. The van der Waals surface area contributed by atoms with E-state index in [1.165, 1.54) is 11.1 Å². The minimum absolute atomic E-state index is 0.163. The fourth-order valence-electron chi connectivity index (χ4n) is 3.56. The second kappa shape index (κ2) is 7.41. The maximum Gasteiger partial charge on any atom is 0.292 e. The number of Topliss-reactive ketones (excluding diaryl/α,β-unsaturated/α-hetero) is 1. The van der Waals surface area contributed by atoms with Gasteiger partial charge in [-0.25, -0.2) is 0 Å². The summed E-state index contributed by atoms with van der Waals surface area (Å²) in [4.78, 5) is 27.1. The lowest BCUT2D eigenvalue weighted by Gasteiger charge is -2.33. The average molecular weight is 354 g/mol. The van der Waals surface area contributed by atoms with Gasteiger partial charge >= 0.3 is 0 Å². The highest BCUT2D eigenvalue weighted by molar-refractivity contribution is 6.43. The van der Waals surface area contributed by atoms with E-state index in [1.807, 2.05) is 0 Å². The number of nitrogens with zero attached hydrogens (tertiary/aromatic N) is 3. The zero-order chi connectivity index (χ0) is 18.8. The predicted octanol–water partition coefficient (Wildman–Crippen LogP) is 1.78. The Bertz CT molecular complexity index is 840. The summed E-state index contributed by atoms with van der Waals surface area (Å²) in [6, 6.07) is 8.63. The maximum absolute atomic E-state index is 12.5. The summed E-state index contributed by atoms with van der Waals surface area (Å²) in [5.74, 6) is -1.07. The van der Waals surface area contributed by atoms with Crippen LogP contribution in [0.1, 0.15) is 39.8 Å². The van der Waals surface area contributed by atoms with Gasteiger partial charge in [-0.3, -0.25) is 19.2 Å². The molecular weight excluding hydrogens is 328 g/mol. The molecule has 26 heavy (non-hydrogen) atoms. The number of hydrogen-bond acceptors (Lipinski definition) is 4. The van der Waals surface area contributed by atoms with Crippen LogP contribution in [0.5, 0.6) is 0 Å². The molecule has 1 atom stereocenters. The van der Waals surface area contributed by atoms with Crippen LogP contribution in [0, 0.1) is 13.8 Å². The van der Waals surface area contributed by atoms with Crippen LogP contribution >= 0.6 is 0 Å². The van der Waals surface area contributed by atoms with Crippen LogP contribution in [-0.2, 0) is 24.8 Å². The topological polar surface area (TPSA) is 67.2 Å². The van der Waals surface area contributed by atoms with Gasteiger partial charge in [-0.1, -0.05) is 24.3 Å². The number of aryl methyl sites for hydroxylation is 2. The van der Waals surface area contributed by atoms with Crippen LogP contribution in [-0.4, -0.2) is 45.5 Å². The van der Waals surface area contributed by atoms with Gasteiger partial charge in [-0.05, 0) is 38.3 Å². The number of aromatic nitrogens is 2. The second-order valence-electron chi connectivity index (χ2n) is 7.05. The Kier molecular flexibility index (Phi) is 5.23. The van der Waals surface area contributed by atoms with Gasteiger partial charge in [0.2, 0.25) is 0 Å². The molecule has 0 saturated carbocycles. The van der Waals surface area contributed by atoms with Crippen molar-refractivity contribution in [3.05, 3.63) is 52.3 Å². The third-order valence-corrected chi connectivity index (χ3v) is 5.28. The van der Waals surface area contributed by atoms with Crippen LogP contribution in [0.3, 0.4) is 0 Å². The Balaban J connectivity index is 1.58. The molecule has 0 bridgehead atoms. The zero-order valence-corrected chi connectivity index (χ0v) is 15.9. The summed E-state index contributed by atoms with van der Waals surface area (Å²) >= 11 is 0. The fourth-order valence-corrected chi connectivity index (χ4v) is 3.56.